The summed E-state index contributed by atoms with van der Waals surface area (Å²) in [6.45, 7) is 2.73. The lowest BCUT2D eigenvalue weighted by atomic mass is 9.99. The molecule has 2 aliphatic heterocycles. The van der Waals surface area contributed by atoms with Crippen molar-refractivity contribution in [2.24, 2.45) is 0 Å². The van der Waals surface area contributed by atoms with E-state index in [0.717, 1.165) is 13.0 Å². The van der Waals surface area contributed by atoms with Crippen LogP contribution in [-0.2, 0) is 0 Å². The highest BCUT2D eigenvalue weighted by Crippen LogP contribution is 2.30. The third kappa shape index (κ3) is 4.03. The highest BCUT2D eigenvalue weighted by atomic mass is 32.2. The van der Waals surface area contributed by atoms with Gasteiger partial charge in [-0.25, -0.2) is 0 Å². The standard InChI is InChI=1S/C11H19F3N2S/c12-11(13,14)17-8-5-15-9-4-7-16-6-2-1-3-10(9)16/h9-10,15H,1-8H2. The lowest BCUT2D eigenvalue weighted by Crippen LogP contribution is -2.45. The first-order chi connectivity index (χ1) is 8.06. The Labute approximate surface area is 104 Å². The molecule has 2 heterocycles. The maximum Gasteiger partial charge on any atom is 0.441 e. The summed E-state index contributed by atoms with van der Waals surface area (Å²) in [5, 5.41) is 3.29. The van der Waals surface area contributed by atoms with E-state index in [1.165, 1.54) is 25.8 Å². The summed E-state index contributed by atoms with van der Waals surface area (Å²) in [7, 11) is 0. The van der Waals surface area contributed by atoms with Crippen molar-refractivity contribution in [3.8, 4) is 0 Å². The van der Waals surface area contributed by atoms with Gasteiger partial charge in [0.05, 0.1) is 0 Å². The van der Waals surface area contributed by atoms with Crippen molar-refractivity contribution in [2.45, 2.75) is 43.3 Å². The fraction of sp³-hybridized carbons (Fsp3) is 1.00. The van der Waals surface area contributed by atoms with Gasteiger partial charge in [0.25, 0.3) is 0 Å². The van der Waals surface area contributed by atoms with Gasteiger partial charge in [0, 0.05) is 30.9 Å². The van der Waals surface area contributed by atoms with Gasteiger partial charge >= 0.3 is 5.51 Å². The molecule has 2 nitrogen and oxygen atoms in total. The minimum absolute atomic E-state index is 0.0702. The first-order valence-corrected chi connectivity index (χ1v) is 7.23. The number of halogens is 3. The lowest BCUT2D eigenvalue weighted by Gasteiger charge is -2.32. The van der Waals surface area contributed by atoms with Gasteiger partial charge in [-0.15, -0.1) is 0 Å². The van der Waals surface area contributed by atoms with E-state index in [-0.39, 0.29) is 17.5 Å². The maximum atomic E-state index is 12.0. The van der Waals surface area contributed by atoms with Crippen molar-refractivity contribution in [3.05, 3.63) is 0 Å². The monoisotopic (exact) mass is 268 g/mol. The SMILES string of the molecule is FC(F)(F)SCCNC1CCN2CCCCC12. The number of nitrogens with zero attached hydrogens (tertiary/aromatic N) is 1. The Morgan fingerprint density at radius 1 is 1.18 bits per heavy atom. The highest BCUT2D eigenvalue weighted by Gasteiger charge is 2.35. The predicted octanol–water partition coefficient (Wildman–Crippen LogP) is 2.46. The normalized spacial score (nSPS) is 30.5. The van der Waals surface area contributed by atoms with Crippen LogP contribution < -0.4 is 5.32 Å². The number of piperidine rings is 1. The van der Waals surface area contributed by atoms with E-state index >= 15 is 0 Å². The molecule has 2 unspecified atom stereocenters. The summed E-state index contributed by atoms with van der Waals surface area (Å²) < 4.78 is 35.9. The zero-order valence-electron chi connectivity index (χ0n) is 9.80. The van der Waals surface area contributed by atoms with Gasteiger partial charge in [0.1, 0.15) is 0 Å². The van der Waals surface area contributed by atoms with Gasteiger partial charge in [-0.2, -0.15) is 13.2 Å². The number of fused-ring (bicyclic) bond motifs is 1. The van der Waals surface area contributed by atoms with Crippen LogP contribution in [-0.4, -0.2) is 47.9 Å². The molecule has 2 aliphatic rings. The van der Waals surface area contributed by atoms with Crippen molar-refractivity contribution in [1.82, 2.24) is 10.2 Å². The molecule has 0 aliphatic carbocycles. The third-order valence-corrected chi connectivity index (χ3v) is 4.37. The van der Waals surface area contributed by atoms with Gasteiger partial charge in [-0.3, -0.25) is 4.90 Å². The average Bonchev–Trinajstić information content (AvgIpc) is 2.67. The lowest BCUT2D eigenvalue weighted by molar-refractivity contribution is -0.0327. The Morgan fingerprint density at radius 3 is 2.76 bits per heavy atom. The molecular weight excluding hydrogens is 249 g/mol. The fourth-order valence-corrected chi connectivity index (χ4v) is 3.35. The second kappa shape index (κ2) is 5.80. The Balaban J connectivity index is 1.66. The summed E-state index contributed by atoms with van der Waals surface area (Å²) >= 11 is 0.0702. The van der Waals surface area contributed by atoms with E-state index in [2.05, 4.69) is 10.2 Å². The summed E-state index contributed by atoms with van der Waals surface area (Å²) in [6.07, 6.45) is 4.81. The molecule has 1 N–H and O–H groups in total. The third-order valence-electron chi connectivity index (χ3n) is 3.63. The summed E-state index contributed by atoms with van der Waals surface area (Å²) in [5.74, 6) is 0.118. The van der Waals surface area contributed by atoms with Crippen LogP contribution in [0.2, 0.25) is 0 Å². The number of hydrogen-bond acceptors (Lipinski definition) is 3. The summed E-state index contributed by atoms with van der Waals surface area (Å²) in [4.78, 5) is 2.48. The van der Waals surface area contributed by atoms with E-state index in [1.807, 2.05) is 0 Å². The molecule has 2 fully saturated rings. The van der Waals surface area contributed by atoms with Crippen LogP contribution in [0.4, 0.5) is 13.2 Å². The molecule has 6 heteroatoms. The molecule has 0 bridgehead atoms. The van der Waals surface area contributed by atoms with Crippen molar-refractivity contribution >= 4 is 11.8 Å². The van der Waals surface area contributed by atoms with Gasteiger partial charge < -0.3 is 5.32 Å². The molecule has 2 atom stereocenters. The Bertz CT molecular complexity index is 247. The average molecular weight is 268 g/mol. The van der Waals surface area contributed by atoms with Crippen molar-refractivity contribution in [1.29, 1.82) is 0 Å². The van der Waals surface area contributed by atoms with Crippen LogP contribution in [0, 0.1) is 0 Å². The fourth-order valence-electron chi connectivity index (χ4n) is 2.90. The number of rotatable bonds is 4. The maximum absolute atomic E-state index is 12.0. The Kier molecular flexibility index (Phi) is 4.60. The first kappa shape index (κ1) is 13.5. The number of thioether (sulfide) groups is 1. The van der Waals surface area contributed by atoms with Crippen LogP contribution in [0.25, 0.3) is 0 Å². The molecule has 2 rings (SSSR count). The minimum atomic E-state index is -4.09. The van der Waals surface area contributed by atoms with Gasteiger partial charge in [0.15, 0.2) is 0 Å². The van der Waals surface area contributed by atoms with E-state index < -0.39 is 5.51 Å². The molecule has 0 aromatic carbocycles. The molecule has 100 valence electrons. The van der Waals surface area contributed by atoms with Crippen LogP contribution in [0.3, 0.4) is 0 Å². The quantitative estimate of drug-likeness (QED) is 0.789. The number of alkyl halides is 3. The Hall–Kier alpha value is 0.0600. The Morgan fingerprint density at radius 2 is 2.00 bits per heavy atom. The van der Waals surface area contributed by atoms with Gasteiger partial charge in [-0.05, 0) is 37.6 Å². The predicted molar refractivity (Wildman–Crippen MR) is 64.1 cm³/mol. The van der Waals surface area contributed by atoms with Crippen molar-refractivity contribution in [2.75, 3.05) is 25.4 Å². The van der Waals surface area contributed by atoms with Gasteiger partial charge in [0.2, 0.25) is 0 Å². The molecule has 0 amide bonds. The van der Waals surface area contributed by atoms with Crippen LogP contribution in [0.15, 0.2) is 0 Å². The topological polar surface area (TPSA) is 15.3 Å². The van der Waals surface area contributed by atoms with Crippen LogP contribution in [0.1, 0.15) is 25.7 Å². The number of hydrogen-bond donors (Lipinski definition) is 1. The van der Waals surface area contributed by atoms with Crippen LogP contribution in [0.5, 0.6) is 0 Å². The molecule has 0 aromatic rings. The van der Waals surface area contributed by atoms with E-state index in [0.29, 0.717) is 18.6 Å². The highest BCUT2D eigenvalue weighted by molar-refractivity contribution is 8.00. The molecule has 0 saturated carbocycles. The second-order valence-electron chi connectivity index (χ2n) is 4.74. The zero-order valence-corrected chi connectivity index (χ0v) is 10.6. The molecular formula is C11H19F3N2S. The van der Waals surface area contributed by atoms with Crippen molar-refractivity contribution in [3.63, 3.8) is 0 Å². The minimum Gasteiger partial charge on any atom is -0.312 e. The zero-order chi connectivity index (χ0) is 12.3. The van der Waals surface area contributed by atoms with Gasteiger partial charge in [-0.1, -0.05) is 6.42 Å². The first-order valence-electron chi connectivity index (χ1n) is 6.24. The number of nitrogens with one attached hydrogen (secondary N) is 1. The molecule has 0 spiro atoms. The summed E-state index contributed by atoms with van der Waals surface area (Å²) in [5.41, 5.74) is -4.09. The molecule has 2 saturated heterocycles. The van der Waals surface area contributed by atoms with Crippen LogP contribution >= 0.6 is 11.8 Å². The smallest absolute Gasteiger partial charge is 0.312 e. The second-order valence-corrected chi connectivity index (χ2v) is 5.90. The largest absolute Gasteiger partial charge is 0.441 e. The van der Waals surface area contributed by atoms with E-state index in [4.69, 9.17) is 0 Å². The summed E-state index contributed by atoms with van der Waals surface area (Å²) in [6, 6.07) is 0.976. The molecule has 0 aromatic heterocycles. The van der Waals surface area contributed by atoms with E-state index in [1.54, 1.807) is 0 Å². The molecule has 17 heavy (non-hydrogen) atoms. The van der Waals surface area contributed by atoms with Crippen molar-refractivity contribution < 1.29 is 13.2 Å². The molecule has 0 radical (unpaired) electrons. The van der Waals surface area contributed by atoms with E-state index in [9.17, 15) is 13.2 Å².